The summed E-state index contributed by atoms with van der Waals surface area (Å²) >= 11 is 0. The van der Waals surface area contributed by atoms with Crippen molar-refractivity contribution >= 4 is 21.8 Å². The van der Waals surface area contributed by atoms with Crippen LogP contribution >= 0.6 is 0 Å². The second kappa shape index (κ2) is 7.51. The molecule has 0 N–H and O–H groups in total. The highest BCUT2D eigenvalue weighted by Crippen LogP contribution is 2.23. The Morgan fingerprint density at radius 2 is 1.81 bits per heavy atom. The van der Waals surface area contributed by atoms with Crippen molar-refractivity contribution in [3.05, 3.63) is 29.8 Å². The minimum Gasteiger partial charge on any atom is -0.342 e. The normalized spacial score (nSPS) is 21.7. The molecule has 10 heteroatoms. The van der Waals surface area contributed by atoms with Crippen LogP contribution in [-0.4, -0.2) is 73.6 Å². The number of halogens is 2. The minimum atomic E-state index is -3.96. The molecule has 2 amide bonds. The van der Waals surface area contributed by atoms with Crippen molar-refractivity contribution in [3.8, 4) is 0 Å². The number of nitrogens with zero attached hydrogens (tertiary/aromatic N) is 3. The number of piperazine rings is 1. The number of hydrogen-bond donors (Lipinski definition) is 0. The lowest BCUT2D eigenvalue weighted by Crippen LogP contribution is -2.52. The highest BCUT2D eigenvalue weighted by atomic mass is 32.2. The third kappa shape index (κ3) is 3.81. The summed E-state index contributed by atoms with van der Waals surface area (Å²) in [7, 11) is -3.96. The first-order valence-corrected chi connectivity index (χ1v) is 10.2. The first kappa shape index (κ1) is 19.7. The number of hydrogen-bond acceptors (Lipinski definition) is 4. The van der Waals surface area contributed by atoms with Crippen molar-refractivity contribution in [2.45, 2.75) is 18.2 Å². The molecule has 2 aliphatic rings. The van der Waals surface area contributed by atoms with Gasteiger partial charge in [-0.3, -0.25) is 9.59 Å². The van der Waals surface area contributed by atoms with Crippen molar-refractivity contribution in [2.75, 3.05) is 39.3 Å². The van der Waals surface area contributed by atoms with E-state index >= 15 is 0 Å². The molecule has 0 radical (unpaired) electrons. The monoisotopic (exact) mass is 401 g/mol. The third-order valence-corrected chi connectivity index (χ3v) is 6.92. The van der Waals surface area contributed by atoms with E-state index in [0.29, 0.717) is 19.2 Å². The zero-order chi connectivity index (χ0) is 19.8. The Kier molecular flexibility index (Phi) is 5.48. The molecule has 1 aromatic rings. The zero-order valence-corrected chi connectivity index (χ0v) is 15.7. The maximum absolute atomic E-state index is 13.4. The summed E-state index contributed by atoms with van der Waals surface area (Å²) in [6.45, 7) is 3.31. The van der Waals surface area contributed by atoms with Gasteiger partial charge in [0.05, 0.1) is 10.8 Å². The Balaban J connectivity index is 1.64. The van der Waals surface area contributed by atoms with Crippen molar-refractivity contribution in [1.82, 2.24) is 14.1 Å². The third-order valence-electron chi connectivity index (χ3n) is 5.02. The number of sulfonamides is 1. The second-order valence-corrected chi connectivity index (χ2v) is 8.58. The molecule has 2 saturated heterocycles. The summed E-state index contributed by atoms with van der Waals surface area (Å²) in [5.41, 5.74) is 0. The molecule has 0 spiro atoms. The topological polar surface area (TPSA) is 78.0 Å². The molecule has 2 heterocycles. The average Bonchev–Trinajstić information content (AvgIpc) is 3.04. The quantitative estimate of drug-likeness (QED) is 0.743. The molecule has 1 aromatic carbocycles. The van der Waals surface area contributed by atoms with Crippen molar-refractivity contribution < 1.29 is 26.8 Å². The van der Waals surface area contributed by atoms with E-state index in [1.807, 2.05) is 6.92 Å². The number of rotatable bonds is 4. The lowest BCUT2D eigenvalue weighted by molar-refractivity contribution is -0.137. The van der Waals surface area contributed by atoms with Crippen LogP contribution in [0.3, 0.4) is 0 Å². The Morgan fingerprint density at radius 1 is 1.15 bits per heavy atom. The van der Waals surface area contributed by atoms with Gasteiger partial charge >= 0.3 is 0 Å². The van der Waals surface area contributed by atoms with Crippen LogP contribution in [0.2, 0.25) is 0 Å². The van der Waals surface area contributed by atoms with Gasteiger partial charge in [0.15, 0.2) is 11.6 Å². The molecule has 2 aliphatic heterocycles. The first-order chi connectivity index (χ1) is 12.7. The minimum absolute atomic E-state index is 0.0459. The Morgan fingerprint density at radius 3 is 2.37 bits per heavy atom. The van der Waals surface area contributed by atoms with E-state index in [1.165, 1.54) is 0 Å². The van der Waals surface area contributed by atoms with Crippen LogP contribution in [0.1, 0.15) is 13.3 Å². The molecule has 0 bridgehead atoms. The lowest BCUT2D eigenvalue weighted by atomic mass is 10.1. The van der Waals surface area contributed by atoms with E-state index in [1.54, 1.807) is 9.80 Å². The van der Waals surface area contributed by atoms with Gasteiger partial charge in [0.25, 0.3) is 0 Å². The summed E-state index contributed by atoms with van der Waals surface area (Å²) in [4.78, 5) is 27.3. The largest absolute Gasteiger partial charge is 0.342 e. The van der Waals surface area contributed by atoms with Crippen molar-refractivity contribution in [2.24, 2.45) is 5.92 Å². The molecule has 27 heavy (non-hydrogen) atoms. The predicted octanol–water partition coefficient (Wildman–Crippen LogP) is 0.666. The molecular weight excluding hydrogens is 380 g/mol. The molecule has 3 rings (SSSR count). The fourth-order valence-corrected chi connectivity index (χ4v) is 4.87. The van der Waals surface area contributed by atoms with E-state index in [2.05, 4.69) is 0 Å². The van der Waals surface area contributed by atoms with Gasteiger partial charge < -0.3 is 9.80 Å². The summed E-state index contributed by atoms with van der Waals surface area (Å²) < 4.78 is 52.7. The predicted molar refractivity (Wildman–Crippen MR) is 92.1 cm³/mol. The van der Waals surface area contributed by atoms with Gasteiger partial charge in [0, 0.05) is 45.7 Å². The Hall–Kier alpha value is -2.07. The highest BCUT2D eigenvalue weighted by Gasteiger charge is 2.38. The van der Waals surface area contributed by atoms with Crippen LogP contribution in [0.15, 0.2) is 23.1 Å². The van der Waals surface area contributed by atoms with E-state index in [4.69, 9.17) is 0 Å². The molecule has 0 saturated carbocycles. The van der Waals surface area contributed by atoms with Crippen LogP contribution in [0.25, 0.3) is 0 Å². The van der Waals surface area contributed by atoms with Crippen LogP contribution in [0.4, 0.5) is 8.78 Å². The second-order valence-electron chi connectivity index (χ2n) is 6.64. The summed E-state index contributed by atoms with van der Waals surface area (Å²) in [6.07, 6.45) is 0.181. The fourth-order valence-electron chi connectivity index (χ4n) is 3.44. The summed E-state index contributed by atoms with van der Waals surface area (Å²) in [5, 5.41) is 0. The first-order valence-electron chi connectivity index (χ1n) is 8.75. The molecule has 0 aromatic heterocycles. The number of benzene rings is 1. The Labute approximate surface area is 156 Å². The molecule has 0 aliphatic carbocycles. The van der Waals surface area contributed by atoms with E-state index in [0.717, 1.165) is 16.4 Å². The van der Waals surface area contributed by atoms with Gasteiger partial charge in [-0.15, -0.1) is 0 Å². The maximum Gasteiger partial charge on any atom is 0.243 e. The maximum atomic E-state index is 13.4. The summed E-state index contributed by atoms with van der Waals surface area (Å²) in [6, 6.07) is 2.46. The molecule has 148 valence electrons. The Bertz CT molecular complexity index is 854. The number of carbonyl (C=O) groups excluding carboxylic acids is 2. The van der Waals surface area contributed by atoms with Gasteiger partial charge in [-0.2, -0.15) is 4.31 Å². The van der Waals surface area contributed by atoms with Gasteiger partial charge in [-0.25, -0.2) is 17.2 Å². The van der Waals surface area contributed by atoms with Crippen molar-refractivity contribution in [1.29, 1.82) is 0 Å². The van der Waals surface area contributed by atoms with Gasteiger partial charge in [0.1, 0.15) is 0 Å². The fraction of sp³-hybridized carbons (Fsp3) is 0.529. The van der Waals surface area contributed by atoms with Crippen molar-refractivity contribution in [3.63, 3.8) is 0 Å². The zero-order valence-electron chi connectivity index (χ0n) is 14.9. The van der Waals surface area contributed by atoms with Gasteiger partial charge in [0.2, 0.25) is 21.8 Å². The van der Waals surface area contributed by atoms with Crippen LogP contribution in [0.5, 0.6) is 0 Å². The number of carbonyl (C=O) groups is 2. The smallest absolute Gasteiger partial charge is 0.243 e. The number of amides is 2. The highest BCUT2D eigenvalue weighted by molar-refractivity contribution is 7.89. The van der Waals surface area contributed by atoms with Crippen LogP contribution in [-0.2, 0) is 19.6 Å². The van der Waals surface area contributed by atoms with Gasteiger partial charge in [-0.05, 0) is 25.1 Å². The number of likely N-dealkylation sites (tertiary alicyclic amines) is 1. The SMILES string of the molecule is CCN1CC(C(=O)N2CCN(S(=O)(=O)c3ccc(F)c(F)c3)CC2)CC1=O. The van der Waals surface area contributed by atoms with E-state index in [-0.39, 0.29) is 49.3 Å². The summed E-state index contributed by atoms with van der Waals surface area (Å²) in [5.74, 6) is -2.93. The lowest BCUT2D eigenvalue weighted by Gasteiger charge is -2.35. The van der Waals surface area contributed by atoms with Gasteiger partial charge in [-0.1, -0.05) is 0 Å². The molecule has 2 fully saturated rings. The molecular formula is C17H21F2N3O4S. The van der Waals surface area contributed by atoms with E-state index < -0.39 is 27.6 Å². The van der Waals surface area contributed by atoms with Crippen LogP contribution in [0, 0.1) is 17.6 Å². The molecule has 1 atom stereocenters. The average molecular weight is 401 g/mol. The standard InChI is InChI=1S/C17H21F2N3O4S/c1-2-20-11-12(9-16(20)23)17(24)21-5-7-22(8-6-21)27(25,26)13-3-4-14(18)15(19)10-13/h3-4,10,12H,2,5-9,11H2,1H3. The molecule has 7 nitrogen and oxygen atoms in total. The molecule has 1 unspecified atom stereocenters. The van der Waals surface area contributed by atoms with E-state index in [9.17, 15) is 26.8 Å². The van der Waals surface area contributed by atoms with Crippen LogP contribution < -0.4 is 0 Å².